The zero-order chi connectivity index (χ0) is 33.8. The van der Waals surface area contributed by atoms with Crippen molar-refractivity contribution in [3.05, 3.63) is 174 Å². The second-order valence-corrected chi connectivity index (χ2v) is 12.2. The summed E-state index contributed by atoms with van der Waals surface area (Å²) in [7, 11) is 0. The van der Waals surface area contributed by atoms with Crippen LogP contribution in [0.4, 0.5) is 5.69 Å². The Morgan fingerprint density at radius 1 is 0.520 bits per heavy atom. The molecule has 0 N–H and O–H groups in total. The first-order valence-corrected chi connectivity index (χ1v) is 16.3. The number of para-hydroxylation sites is 3. The zero-order valence-corrected chi connectivity index (χ0v) is 26.7. The minimum Gasteiger partial charge on any atom is -0.319 e. The molecule has 5 nitrogen and oxygen atoms in total. The molecule has 0 atom stereocenters. The summed E-state index contributed by atoms with van der Waals surface area (Å²) in [6.45, 7) is 7.91. The van der Waals surface area contributed by atoms with E-state index in [1.54, 1.807) is 0 Å². The summed E-state index contributed by atoms with van der Waals surface area (Å²) in [5, 5.41) is 24.3. The second-order valence-electron chi connectivity index (χ2n) is 12.2. The molecular weight excluding hydrogens is 611 g/mol. The molecule has 0 aliphatic heterocycles. The van der Waals surface area contributed by atoms with Crippen LogP contribution in [0.5, 0.6) is 0 Å². The highest BCUT2D eigenvalue weighted by molar-refractivity contribution is 6.14. The van der Waals surface area contributed by atoms with Crippen molar-refractivity contribution in [3.8, 4) is 45.8 Å². The van der Waals surface area contributed by atoms with Crippen LogP contribution in [0.2, 0.25) is 0 Å². The summed E-state index contributed by atoms with van der Waals surface area (Å²) in [5.41, 5.74) is 11.3. The van der Waals surface area contributed by atoms with Gasteiger partial charge in [-0.2, -0.15) is 10.5 Å². The summed E-state index contributed by atoms with van der Waals surface area (Å²) in [4.78, 5) is 3.85. The third kappa shape index (κ3) is 4.24. The maximum Gasteiger partial charge on any atom is 0.211 e. The molecule has 0 saturated heterocycles. The zero-order valence-electron chi connectivity index (χ0n) is 26.7. The van der Waals surface area contributed by atoms with Crippen LogP contribution in [0.1, 0.15) is 11.1 Å². The van der Waals surface area contributed by atoms with E-state index >= 15 is 0 Å². The summed E-state index contributed by atoms with van der Waals surface area (Å²) in [6.07, 6.45) is 0. The van der Waals surface area contributed by atoms with Crippen LogP contribution in [0.25, 0.3) is 82.1 Å². The molecule has 0 aliphatic carbocycles. The van der Waals surface area contributed by atoms with E-state index in [-0.39, 0.29) is 0 Å². The van der Waals surface area contributed by atoms with Crippen LogP contribution in [0.15, 0.2) is 152 Å². The highest BCUT2D eigenvalue weighted by Gasteiger charge is 2.21. The maximum absolute atomic E-state index is 10.5. The third-order valence-electron chi connectivity index (χ3n) is 9.63. The molecule has 0 aliphatic rings. The molecule has 9 rings (SSSR count). The molecule has 5 heteroatoms. The largest absolute Gasteiger partial charge is 0.319 e. The van der Waals surface area contributed by atoms with Gasteiger partial charge in [0, 0.05) is 27.4 Å². The van der Waals surface area contributed by atoms with Crippen molar-refractivity contribution in [1.29, 1.82) is 10.5 Å². The molecule has 9 aromatic rings. The number of nitriles is 2. The average Bonchev–Trinajstić information content (AvgIpc) is 3.70. The van der Waals surface area contributed by atoms with E-state index in [9.17, 15) is 10.5 Å². The van der Waals surface area contributed by atoms with Gasteiger partial charge in [-0.05, 0) is 76.7 Å². The highest BCUT2D eigenvalue weighted by atomic mass is 15.0. The number of hydrogen-bond acceptors (Lipinski definition) is 2. The van der Waals surface area contributed by atoms with E-state index in [0.29, 0.717) is 16.8 Å². The maximum atomic E-state index is 10.5. The van der Waals surface area contributed by atoms with E-state index in [0.717, 1.165) is 77.2 Å². The molecule has 0 amide bonds. The fraction of sp³-hybridized carbons (Fsp3) is 0. The molecule has 50 heavy (non-hydrogen) atoms. The molecule has 0 bridgehead atoms. The summed E-state index contributed by atoms with van der Waals surface area (Å²) in [6, 6.07) is 55.5. The van der Waals surface area contributed by atoms with Crippen molar-refractivity contribution in [2.45, 2.75) is 0 Å². The summed E-state index contributed by atoms with van der Waals surface area (Å²) in [5.74, 6) is 0. The minimum absolute atomic E-state index is 0.553. The number of benzene rings is 7. The molecule has 2 heterocycles. The topological polar surface area (TPSA) is 61.8 Å². The number of fused-ring (bicyclic) bond motifs is 6. The lowest BCUT2D eigenvalue weighted by atomic mass is 9.90. The Kier molecular flexibility index (Phi) is 6.56. The predicted molar refractivity (Wildman–Crippen MR) is 202 cm³/mol. The van der Waals surface area contributed by atoms with Gasteiger partial charge in [0.05, 0.1) is 57.6 Å². The quantitative estimate of drug-likeness (QED) is 0.181. The minimum atomic E-state index is 0.553. The fourth-order valence-corrected chi connectivity index (χ4v) is 7.51. The van der Waals surface area contributed by atoms with Gasteiger partial charge >= 0.3 is 0 Å². The number of hydrogen-bond donors (Lipinski definition) is 0. The first kappa shape index (κ1) is 28.8. The molecule has 7 aromatic carbocycles. The Morgan fingerprint density at radius 3 is 1.86 bits per heavy atom. The van der Waals surface area contributed by atoms with Gasteiger partial charge in [0.2, 0.25) is 5.69 Å². The Morgan fingerprint density at radius 2 is 1.16 bits per heavy atom. The van der Waals surface area contributed by atoms with Gasteiger partial charge in [-0.1, -0.05) is 97.1 Å². The van der Waals surface area contributed by atoms with E-state index < -0.39 is 0 Å². The smallest absolute Gasteiger partial charge is 0.211 e. The van der Waals surface area contributed by atoms with E-state index in [1.165, 1.54) is 0 Å². The van der Waals surface area contributed by atoms with Gasteiger partial charge in [0.25, 0.3) is 0 Å². The highest BCUT2D eigenvalue weighted by Crippen LogP contribution is 2.42. The number of rotatable bonds is 4. The standard InChI is InChI=1S/C45H25N5/c1-48-39-16-9-15-37-38-26-29(27-46)20-25-42(38)49(45(37)39)32-23-21-30(22-24-32)33-11-2-3-14-36(33)44-31(28-47)10-8-19-43(44)50-40-17-6-4-12-34(40)35-13-5-7-18-41(35)50/h2-26H. The van der Waals surface area contributed by atoms with Crippen molar-refractivity contribution >= 4 is 49.3 Å². The van der Waals surface area contributed by atoms with Gasteiger partial charge in [0.15, 0.2) is 0 Å². The van der Waals surface area contributed by atoms with Crippen molar-refractivity contribution in [3.63, 3.8) is 0 Å². The normalized spacial score (nSPS) is 11.1. The lowest BCUT2D eigenvalue weighted by Crippen LogP contribution is -2.00. The SMILES string of the molecule is [C-]#[N+]c1cccc2c3cc(C#N)ccc3n(-c3ccc(-c4ccccc4-c4c(C#N)cccc4-n4c5ccccc5c5ccccc54)cc3)c12. The fourth-order valence-electron chi connectivity index (χ4n) is 7.51. The lowest BCUT2D eigenvalue weighted by molar-refractivity contribution is 1.18. The van der Waals surface area contributed by atoms with Crippen LogP contribution >= 0.6 is 0 Å². The van der Waals surface area contributed by atoms with Crippen molar-refractivity contribution in [2.24, 2.45) is 0 Å². The van der Waals surface area contributed by atoms with Gasteiger partial charge in [-0.25, -0.2) is 4.85 Å². The first-order valence-electron chi connectivity index (χ1n) is 16.3. The third-order valence-corrected chi connectivity index (χ3v) is 9.63. The van der Waals surface area contributed by atoms with Crippen molar-refractivity contribution in [1.82, 2.24) is 9.13 Å². The van der Waals surface area contributed by atoms with Crippen molar-refractivity contribution < 1.29 is 0 Å². The van der Waals surface area contributed by atoms with Crippen molar-refractivity contribution in [2.75, 3.05) is 0 Å². The molecule has 0 radical (unpaired) electrons. The first-order chi connectivity index (χ1) is 24.7. The molecule has 0 spiro atoms. The molecule has 0 saturated carbocycles. The van der Waals surface area contributed by atoms with Crippen LogP contribution < -0.4 is 0 Å². The lowest BCUT2D eigenvalue weighted by Gasteiger charge is -2.18. The molecule has 230 valence electrons. The Bertz CT molecular complexity index is 2900. The van der Waals surface area contributed by atoms with Crippen LogP contribution in [0, 0.1) is 29.2 Å². The van der Waals surface area contributed by atoms with E-state index in [4.69, 9.17) is 6.57 Å². The number of nitrogens with zero attached hydrogens (tertiary/aromatic N) is 5. The second kappa shape index (κ2) is 11.4. The van der Waals surface area contributed by atoms with Gasteiger partial charge in [-0.15, -0.1) is 0 Å². The molecule has 0 unspecified atom stereocenters. The Labute approximate surface area is 288 Å². The average molecular weight is 636 g/mol. The molecular formula is C45H25N5. The molecule has 0 fully saturated rings. The van der Waals surface area contributed by atoms with Crippen LogP contribution in [0.3, 0.4) is 0 Å². The van der Waals surface area contributed by atoms with Gasteiger partial charge in [-0.3, -0.25) is 0 Å². The van der Waals surface area contributed by atoms with Crippen LogP contribution in [-0.2, 0) is 0 Å². The van der Waals surface area contributed by atoms with Crippen LogP contribution in [-0.4, -0.2) is 9.13 Å². The predicted octanol–water partition coefficient (Wildman–Crippen LogP) is 11.5. The summed E-state index contributed by atoms with van der Waals surface area (Å²) < 4.78 is 4.38. The summed E-state index contributed by atoms with van der Waals surface area (Å²) >= 11 is 0. The molecule has 2 aromatic heterocycles. The number of aromatic nitrogens is 2. The van der Waals surface area contributed by atoms with E-state index in [2.05, 4.69) is 117 Å². The van der Waals surface area contributed by atoms with Gasteiger partial charge < -0.3 is 9.13 Å². The Balaban J connectivity index is 1.25. The monoisotopic (exact) mass is 635 g/mol. The Hall–Kier alpha value is -7.39. The van der Waals surface area contributed by atoms with Gasteiger partial charge in [0.1, 0.15) is 0 Å². The van der Waals surface area contributed by atoms with E-state index in [1.807, 2.05) is 60.7 Å².